The predicted octanol–water partition coefficient (Wildman–Crippen LogP) is 3.51. The van der Waals surface area contributed by atoms with Crippen LogP contribution in [0.2, 0.25) is 0 Å². The van der Waals surface area contributed by atoms with E-state index in [-0.39, 0.29) is 18.0 Å². The van der Waals surface area contributed by atoms with Crippen molar-refractivity contribution in [2.75, 3.05) is 0 Å². The molecule has 2 aromatic rings. The maximum atomic E-state index is 13.9. The molecule has 3 heteroatoms. The second kappa shape index (κ2) is 4.27. The molecule has 0 aromatic heterocycles. The largest absolute Gasteiger partial charge is 0.385 e. The number of fused-ring (bicyclic) bond motifs is 3. The van der Waals surface area contributed by atoms with E-state index in [2.05, 4.69) is 0 Å². The van der Waals surface area contributed by atoms with Crippen molar-refractivity contribution in [3.63, 3.8) is 0 Å². The first-order valence-electron chi connectivity index (χ1n) is 7.21. The normalized spacial score (nSPS) is 32.7. The molecule has 2 atom stereocenters. The van der Waals surface area contributed by atoms with Gasteiger partial charge in [0.15, 0.2) is 0 Å². The fourth-order valence-electron chi connectivity index (χ4n) is 3.81. The van der Waals surface area contributed by atoms with E-state index in [4.69, 9.17) is 4.74 Å². The van der Waals surface area contributed by atoms with Crippen molar-refractivity contribution < 1.29 is 14.2 Å². The molecule has 1 N–H and O–H groups in total. The van der Waals surface area contributed by atoms with Gasteiger partial charge in [0.05, 0.1) is 17.8 Å². The Balaban J connectivity index is 1.88. The molecule has 2 saturated heterocycles. The van der Waals surface area contributed by atoms with Crippen molar-refractivity contribution in [1.82, 2.24) is 0 Å². The first-order valence-corrected chi connectivity index (χ1v) is 7.21. The minimum atomic E-state index is -0.891. The minimum Gasteiger partial charge on any atom is -0.385 e. The van der Waals surface area contributed by atoms with Gasteiger partial charge in [-0.1, -0.05) is 30.3 Å². The molecule has 0 aliphatic carbocycles. The number of hydrogen-bond donors (Lipinski definition) is 1. The van der Waals surface area contributed by atoms with E-state index in [0.29, 0.717) is 18.2 Å². The molecule has 2 nitrogen and oxygen atoms in total. The molecule has 20 heavy (non-hydrogen) atoms. The van der Waals surface area contributed by atoms with Crippen molar-refractivity contribution in [2.45, 2.75) is 43.5 Å². The zero-order valence-corrected chi connectivity index (χ0v) is 11.2. The summed E-state index contributed by atoms with van der Waals surface area (Å²) in [5, 5.41) is 12.5. The summed E-state index contributed by atoms with van der Waals surface area (Å²) < 4.78 is 19.7. The topological polar surface area (TPSA) is 29.5 Å². The van der Waals surface area contributed by atoms with Crippen molar-refractivity contribution in [2.24, 2.45) is 0 Å². The number of benzene rings is 2. The third-order valence-corrected chi connectivity index (χ3v) is 4.70. The Morgan fingerprint density at radius 2 is 1.65 bits per heavy atom. The number of hydrogen-bond acceptors (Lipinski definition) is 2. The summed E-state index contributed by atoms with van der Waals surface area (Å²) in [7, 11) is 0. The fraction of sp³-hybridized carbons (Fsp3) is 0.412. The Morgan fingerprint density at radius 3 is 2.35 bits per heavy atom. The molecular formula is C17H17FO2. The smallest absolute Gasteiger partial charge is 0.131 e. The second-order valence-electron chi connectivity index (χ2n) is 6.04. The summed E-state index contributed by atoms with van der Waals surface area (Å²) in [6, 6.07) is 10.6. The monoisotopic (exact) mass is 272 g/mol. The maximum absolute atomic E-state index is 13.9. The molecular weight excluding hydrogens is 255 g/mol. The highest BCUT2D eigenvalue weighted by molar-refractivity contribution is 5.87. The number of ether oxygens (including phenoxy) is 1. The third kappa shape index (κ3) is 1.77. The Morgan fingerprint density at radius 1 is 1.00 bits per heavy atom. The number of halogens is 1. The van der Waals surface area contributed by atoms with Crippen molar-refractivity contribution in [3.05, 3.63) is 47.8 Å². The van der Waals surface area contributed by atoms with Crippen molar-refractivity contribution >= 4 is 10.8 Å². The van der Waals surface area contributed by atoms with Crippen LogP contribution in [0.1, 0.15) is 31.2 Å². The Kier molecular flexibility index (Phi) is 2.63. The lowest BCUT2D eigenvalue weighted by Crippen LogP contribution is -2.38. The molecule has 2 aromatic carbocycles. The van der Waals surface area contributed by atoms with E-state index in [9.17, 15) is 9.50 Å². The Bertz CT molecular complexity index is 655. The van der Waals surface area contributed by atoms with E-state index < -0.39 is 5.60 Å². The molecule has 4 rings (SSSR count). The van der Waals surface area contributed by atoms with Crippen LogP contribution >= 0.6 is 0 Å². The van der Waals surface area contributed by atoms with Gasteiger partial charge >= 0.3 is 0 Å². The van der Waals surface area contributed by atoms with E-state index >= 15 is 0 Å². The van der Waals surface area contributed by atoms with Gasteiger partial charge in [0.2, 0.25) is 0 Å². The van der Waals surface area contributed by atoms with Gasteiger partial charge in [-0.15, -0.1) is 0 Å². The molecule has 0 radical (unpaired) electrons. The molecule has 0 amide bonds. The van der Waals surface area contributed by atoms with Crippen LogP contribution in [-0.2, 0) is 10.3 Å². The standard InChI is InChI=1S/C17H17FO2/c18-16-8-7-15(13-3-1-2-4-14(13)16)17(19)9-11-5-6-12(10-17)20-11/h1-4,7-8,11-12,19H,5-6,9-10H2. The average Bonchev–Trinajstić information content (AvgIpc) is 2.79. The van der Waals surface area contributed by atoms with E-state index in [1.165, 1.54) is 6.07 Å². The van der Waals surface area contributed by atoms with Crippen molar-refractivity contribution in [1.29, 1.82) is 0 Å². The van der Waals surface area contributed by atoms with Crippen molar-refractivity contribution in [3.8, 4) is 0 Å². The summed E-state index contributed by atoms with van der Waals surface area (Å²) in [6.07, 6.45) is 3.54. The first-order chi connectivity index (χ1) is 9.66. The fourth-order valence-corrected chi connectivity index (χ4v) is 3.81. The van der Waals surface area contributed by atoms with Gasteiger partial charge in [0, 0.05) is 18.2 Å². The van der Waals surface area contributed by atoms with E-state index in [1.54, 1.807) is 12.1 Å². The van der Waals surface area contributed by atoms with Gasteiger partial charge in [0.1, 0.15) is 5.82 Å². The van der Waals surface area contributed by atoms with Crippen LogP contribution in [0.15, 0.2) is 36.4 Å². The number of rotatable bonds is 1. The molecule has 0 saturated carbocycles. The summed E-state index contributed by atoms with van der Waals surface area (Å²) in [5.74, 6) is -0.233. The van der Waals surface area contributed by atoms with Gasteiger partial charge in [0.25, 0.3) is 0 Å². The lowest BCUT2D eigenvalue weighted by molar-refractivity contribution is -0.114. The van der Waals surface area contributed by atoms with Crippen LogP contribution < -0.4 is 0 Å². The highest BCUT2D eigenvalue weighted by Crippen LogP contribution is 2.45. The molecule has 2 fully saturated rings. The number of aliphatic hydroxyl groups is 1. The molecule has 2 heterocycles. The highest BCUT2D eigenvalue weighted by Gasteiger charge is 2.45. The molecule has 2 aliphatic rings. The SMILES string of the molecule is OC1(c2ccc(F)c3ccccc23)CC2CCC(C1)O2. The van der Waals surface area contributed by atoms with Crippen LogP contribution in [0.4, 0.5) is 4.39 Å². The van der Waals surface area contributed by atoms with Gasteiger partial charge in [-0.2, -0.15) is 0 Å². The molecule has 2 bridgehead atoms. The summed E-state index contributed by atoms with van der Waals surface area (Å²) in [4.78, 5) is 0. The summed E-state index contributed by atoms with van der Waals surface area (Å²) in [6.45, 7) is 0. The maximum Gasteiger partial charge on any atom is 0.131 e. The summed E-state index contributed by atoms with van der Waals surface area (Å²) in [5.41, 5.74) is -0.0492. The minimum absolute atomic E-state index is 0.141. The quantitative estimate of drug-likeness (QED) is 0.861. The molecule has 2 unspecified atom stereocenters. The first kappa shape index (κ1) is 12.3. The van der Waals surface area contributed by atoms with Crippen LogP contribution in [0.3, 0.4) is 0 Å². The van der Waals surface area contributed by atoms with Gasteiger partial charge in [-0.05, 0) is 29.9 Å². The van der Waals surface area contributed by atoms with Gasteiger partial charge in [-0.3, -0.25) is 0 Å². The molecule has 104 valence electrons. The Hall–Kier alpha value is -1.45. The van der Waals surface area contributed by atoms with Gasteiger partial charge in [-0.25, -0.2) is 4.39 Å². The lowest BCUT2D eigenvalue weighted by Gasteiger charge is -2.37. The third-order valence-electron chi connectivity index (χ3n) is 4.70. The van der Waals surface area contributed by atoms with Crippen LogP contribution in [-0.4, -0.2) is 17.3 Å². The second-order valence-corrected chi connectivity index (χ2v) is 6.04. The van der Waals surface area contributed by atoms with E-state index in [0.717, 1.165) is 23.8 Å². The zero-order chi connectivity index (χ0) is 13.7. The molecule has 0 spiro atoms. The summed E-state index contributed by atoms with van der Waals surface area (Å²) >= 11 is 0. The Labute approximate surface area is 117 Å². The average molecular weight is 272 g/mol. The predicted molar refractivity (Wildman–Crippen MR) is 74.9 cm³/mol. The zero-order valence-electron chi connectivity index (χ0n) is 11.2. The lowest BCUT2D eigenvalue weighted by atomic mass is 9.81. The van der Waals surface area contributed by atoms with Crippen LogP contribution in [0.5, 0.6) is 0 Å². The highest BCUT2D eigenvalue weighted by atomic mass is 19.1. The van der Waals surface area contributed by atoms with E-state index in [1.807, 2.05) is 18.2 Å². The van der Waals surface area contributed by atoms with Gasteiger partial charge < -0.3 is 9.84 Å². The molecule has 2 aliphatic heterocycles. The van der Waals surface area contributed by atoms with Crippen LogP contribution in [0.25, 0.3) is 10.8 Å². The van der Waals surface area contributed by atoms with Crippen LogP contribution in [0, 0.1) is 5.82 Å².